The Kier molecular flexibility index (Phi) is 4.82. The molecule has 0 radical (unpaired) electrons. The molecule has 4 bridgehead atoms. The first-order valence-corrected chi connectivity index (χ1v) is 14.1. The van der Waals surface area contributed by atoms with E-state index >= 15 is 0 Å². The zero-order valence-electron chi connectivity index (χ0n) is 21.5. The topological polar surface area (TPSA) is 154 Å². The van der Waals surface area contributed by atoms with E-state index in [2.05, 4.69) is 11.8 Å². The SMILES string of the molecule is CC1CCC2N(C1)CC1C(C(O)[C@H](O)[C@]3(O)C1CC14OC5(O)C(O)CCC1(C)C5CC(O)C43)C2(C)O. The highest BCUT2D eigenvalue weighted by Gasteiger charge is 2.86. The van der Waals surface area contributed by atoms with Gasteiger partial charge in [-0.3, -0.25) is 4.90 Å². The molecule has 0 aromatic carbocycles. The summed E-state index contributed by atoms with van der Waals surface area (Å²) < 4.78 is 6.51. The minimum atomic E-state index is -1.85. The van der Waals surface area contributed by atoms with Crippen molar-refractivity contribution >= 4 is 0 Å². The zero-order chi connectivity index (χ0) is 25.8. The lowest BCUT2D eigenvalue weighted by molar-refractivity contribution is -0.295. The van der Waals surface area contributed by atoms with Crippen LogP contribution >= 0.6 is 0 Å². The molecular formula is C27H43NO8. The minimum absolute atomic E-state index is 0.130. The molecule has 16 atom stereocenters. The summed E-state index contributed by atoms with van der Waals surface area (Å²) in [6, 6.07) is -0.130. The van der Waals surface area contributed by atoms with Crippen molar-refractivity contribution in [3.05, 3.63) is 0 Å². The summed E-state index contributed by atoms with van der Waals surface area (Å²) in [6.07, 6.45) is -1.92. The molecule has 4 saturated carbocycles. The molecule has 14 unspecified atom stereocenters. The minimum Gasteiger partial charge on any atom is -0.393 e. The van der Waals surface area contributed by atoms with E-state index in [9.17, 15) is 35.7 Å². The van der Waals surface area contributed by atoms with Crippen molar-refractivity contribution in [1.82, 2.24) is 4.90 Å². The van der Waals surface area contributed by atoms with Crippen molar-refractivity contribution in [3.63, 3.8) is 0 Å². The summed E-state index contributed by atoms with van der Waals surface area (Å²) in [5.74, 6) is -4.29. The molecule has 4 aliphatic carbocycles. The van der Waals surface area contributed by atoms with Crippen LogP contribution in [-0.4, -0.2) is 107 Å². The number of ether oxygens (including phenoxy) is 1. The number of rotatable bonds is 0. The maximum Gasteiger partial charge on any atom is 0.196 e. The molecule has 0 aromatic heterocycles. The van der Waals surface area contributed by atoms with Crippen LogP contribution < -0.4 is 0 Å². The Bertz CT molecular complexity index is 964. The van der Waals surface area contributed by atoms with E-state index in [1.54, 1.807) is 6.92 Å². The van der Waals surface area contributed by atoms with Gasteiger partial charge in [-0.1, -0.05) is 13.8 Å². The van der Waals surface area contributed by atoms with Gasteiger partial charge >= 0.3 is 0 Å². The largest absolute Gasteiger partial charge is 0.393 e. The van der Waals surface area contributed by atoms with Gasteiger partial charge in [0.2, 0.25) is 0 Å². The van der Waals surface area contributed by atoms with Gasteiger partial charge in [0.15, 0.2) is 5.79 Å². The van der Waals surface area contributed by atoms with Crippen molar-refractivity contribution in [3.8, 4) is 0 Å². The third-order valence-electron chi connectivity index (χ3n) is 12.8. The normalized spacial score (nSPS) is 68.0. The molecule has 9 nitrogen and oxygen atoms in total. The van der Waals surface area contributed by atoms with Crippen LogP contribution in [0.15, 0.2) is 0 Å². The fourth-order valence-electron chi connectivity index (χ4n) is 11.4. The van der Waals surface area contributed by atoms with Crippen LogP contribution in [0.5, 0.6) is 0 Å². The lowest BCUT2D eigenvalue weighted by atomic mass is 9.49. The molecule has 9 heteroatoms. The third kappa shape index (κ3) is 2.46. The molecule has 3 saturated heterocycles. The average Bonchev–Trinajstić information content (AvgIpc) is 3.08. The quantitative estimate of drug-likeness (QED) is 0.222. The number of hydrogen-bond donors (Lipinski definition) is 7. The summed E-state index contributed by atoms with van der Waals surface area (Å²) in [4.78, 5) is 2.30. The Hall–Kier alpha value is -0.360. The standard InChI is InChI=1S/C27H43NO8/c1-12-4-5-17-24(3,33)19-13(11-28(17)10-12)14-9-25-21(26(14,34)22(32)20(19)31)15(29)8-16-23(25,2)7-6-18(30)27(16,35)36-25/h12-22,29-35H,4-11H2,1-3H3/t12?,13?,14?,15?,16?,17?,18?,19?,20?,21?,22-,23?,24?,25?,26-,27?/m0/s1. The van der Waals surface area contributed by atoms with Gasteiger partial charge in [0.25, 0.3) is 0 Å². The van der Waals surface area contributed by atoms with Crippen molar-refractivity contribution in [1.29, 1.82) is 0 Å². The van der Waals surface area contributed by atoms with E-state index in [1.807, 2.05) is 6.92 Å². The van der Waals surface area contributed by atoms with Gasteiger partial charge in [0.1, 0.15) is 17.8 Å². The van der Waals surface area contributed by atoms with Gasteiger partial charge in [0.05, 0.1) is 23.4 Å². The molecule has 7 fully saturated rings. The number of nitrogens with zero attached hydrogens (tertiary/aromatic N) is 1. The second-order valence-electron chi connectivity index (χ2n) is 14.2. The molecule has 0 amide bonds. The Labute approximate surface area is 212 Å². The van der Waals surface area contributed by atoms with Gasteiger partial charge < -0.3 is 40.5 Å². The molecule has 3 heterocycles. The Morgan fingerprint density at radius 3 is 2.39 bits per heavy atom. The van der Waals surface area contributed by atoms with Crippen molar-refractivity contribution in [2.45, 2.75) is 112 Å². The summed E-state index contributed by atoms with van der Waals surface area (Å²) in [5.41, 5.74) is -4.88. The van der Waals surface area contributed by atoms with Gasteiger partial charge in [0, 0.05) is 42.3 Å². The van der Waals surface area contributed by atoms with Gasteiger partial charge in [-0.15, -0.1) is 0 Å². The van der Waals surface area contributed by atoms with Crippen LogP contribution in [0.25, 0.3) is 0 Å². The molecule has 36 heavy (non-hydrogen) atoms. The highest BCUT2D eigenvalue weighted by molar-refractivity contribution is 5.33. The molecule has 7 aliphatic rings. The molecule has 0 aromatic rings. The smallest absolute Gasteiger partial charge is 0.196 e. The maximum absolute atomic E-state index is 12.5. The van der Waals surface area contributed by atoms with Crippen LogP contribution in [0.3, 0.4) is 0 Å². The monoisotopic (exact) mass is 509 g/mol. The molecule has 7 N–H and O–H groups in total. The van der Waals surface area contributed by atoms with Crippen LogP contribution in [0.2, 0.25) is 0 Å². The molecule has 3 aliphatic heterocycles. The summed E-state index contributed by atoms with van der Waals surface area (Å²) in [5, 5.41) is 81.4. The van der Waals surface area contributed by atoms with Crippen LogP contribution in [0.1, 0.15) is 59.3 Å². The lowest BCUT2D eigenvalue weighted by Crippen LogP contribution is -2.76. The molecule has 204 valence electrons. The van der Waals surface area contributed by atoms with E-state index in [1.165, 1.54) is 0 Å². The first-order valence-electron chi connectivity index (χ1n) is 14.1. The molecular weight excluding hydrogens is 466 g/mol. The third-order valence-corrected chi connectivity index (χ3v) is 12.8. The number of aliphatic hydroxyl groups is 7. The van der Waals surface area contributed by atoms with Crippen molar-refractivity contribution < 1.29 is 40.5 Å². The average molecular weight is 510 g/mol. The highest BCUT2D eigenvalue weighted by atomic mass is 16.7. The number of aliphatic hydroxyl groups excluding tert-OH is 4. The Morgan fingerprint density at radius 1 is 0.944 bits per heavy atom. The first kappa shape index (κ1) is 24.7. The second kappa shape index (κ2) is 7.04. The maximum atomic E-state index is 12.5. The van der Waals surface area contributed by atoms with E-state index in [4.69, 9.17) is 4.74 Å². The molecule has 7 rings (SSSR count). The van der Waals surface area contributed by atoms with Crippen molar-refractivity contribution in [2.75, 3.05) is 13.1 Å². The van der Waals surface area contributed by atoms with E-state index in [0.29, 0.717) is 31.7 Å². The van der Waals surface area contributed by atoms with Crippen LogP contribution in [0.4, 0.5) is 0 Å². The summed E-state index contributed by atoms with van der Waals surface area (Å²) in [6.45, 7) is 7.40. The predicted octanol–water partition coefficient (Wildman–Crippen LogP) is -0.814. The number of fused-ring (bicyclic) bond motifs is 5. The predicted molar refractivity (Wildman–Crippen MR) is 126 cm³/mol. The Balaban J connectivity index is 1.37. The van der Waals surface area contributed by atoms with E-state index in [-0.39, 0.29) is 18.4 Å². The highest BCUT2D eigenvalue weighted by Crippen LogP contribution is 2.76. The molecule has 1 spiro atoms. The lowest BCUT2D eigenvalue weighted by Gasteiger charge is -2.63. The summed E-state index contributed by atoms with van der Waals surface area (Å²) in [7, 11) is 0. The van der Waals surface area contributed by atoms with Gasteiger partial charge in [-0.05, 0) is 63.2 Å². The zero-order valence-corrected chi connectivity index (χ0v) is 21.5. The van der Waals surface area contributed by atoms with Crippen LogP contribution in [-0.2, 0) is 4.74 Å². The van der Waals surface area contributed by atoms with Crippen molar-refractivity contribution in [2.24, 2.45) is 40.9 Å². The van der Waals surface area contributed by atoms with Gasteiger partial charge in [-0.25, -0.2) is 0 Å². The van der Waals surface area contributed by atoms with E-state index < -0.39 is 76.1 Å². The Morgan fingerprint density at radius 2 is 1.67 bits per heavy atom. The van der Waals surface area contributed by atoms with Gasteiger partial charge in [-0.2, -0.15) is 0 Å². The number of hydrogen-bond acceptors (Lipinski definition) is 9. The summed E-state index contributed by atoms with van der Waals surface area (Å²) >= 11 is 0. The first-order chi connectivity index (χ1) is 16.7. The fourth-order valence-corrected chi connectivity index (χ4v) is 11.4. The van der Waals surface area contributed by atoms with E-state index in [0.717, 1.165) is 19.4 Å². The second-order valence-corrected chi connectivity index (χ2v) is 14.2. The number of piperidine rings is 2. The van der Waals surface area contributed by atoms with Crippen LogP contribution in [0, 0.1) is 40.9 Å². The fraction of sp³-hybridized carbons (Fsp3) is 1.00.